The number of carbonyl (C=O) groups is 2. The van der Waals surface area contributed by atoms with Crippen LogP contribution in [0.15, 0.2) is 42.5 Å². The van der Waals surface area contributed by atoms with Crippen molar-refractivity contribution >= 4 is 22.6 Å². The van der Waals surface area contributed by atoms with Gasteiger partial charge in [0.2, 0.25) is 5.91 Å². The van der Waals surface area contributed by atoms with E-state index in [1.165, 1.54) is 0 Å². The first-order valence-corrected chi connectivity index (χ1v) is 10.2. The summed E-state index contributed by atoms with van der Waals surface area (Å²) in [4.78, 5) is 25.3. The van der Waals surface area contributed by atoms with Gasteiger partial charge >= 0.3 is 0 Å². The Morgan fingerprint density at radius 3 is 2.74 bits per heavy atom. The molecule has 1 aliphatic heterocycles. The SMILES string of the molecule is CCC1C(=O)NC2CC(NC(=O)c3cccc4ccccc34)CCC2C1C. The van der Waals surface area contributed by atoms with Gasteiger partial charge in [-0.05, 0) is 54.4 Å². The largest absolute Gasteiger partial charge is 0.353 e. The lowest BCUT2D eigenvalue weighted by Gasteiger charge is -2.46. The van der Waals surface area contributed by atoms with E-state index in [-0.39, 0.29) is 29.8 Å². The molecule has 0 aromatic heterocycles. The summed E-state index contributed by atoms with van der Waals surface area (Å²) in [6.07, 6.45) is 3.77. The van der Waals surface area contributed by atoms with Crippen LogP contribution in [0.2, 0.25) is 0 Å². The van der Waals surface area contributed by atoms with E-state index in [9.17, 15) is 9.59 Å². The molecule has 2 amide bonds. The van der Waals surface area contributed by atoms with E-state index < -0.39 is 0 Å². The van der Waals surface area contributed by atoms with Crippen molar-refractivity contribution in [2.24, 2.45) is 17.8 Å². The first-order chi connectivity index (χ1) is 13.1. The number of benzene rings is 2. The summed E-state index contributed by atoms with van der Waals surface area (Å²) >= 11 is 0. The van der Waals surface area contributed by atoms with Crippen molar-refractivity contribution in [3.8, 4) is 0 Å². The molecule has 1 aliphatic carbocycles. The quantitative estimate of drug-likeness (QED) is 0.868. The number of fused-ring (bicyclic) bond motifs is 2. The lowest BCUT2D eigenvalue weighted by molar-refractivity contribution is -0.133. The monoisotopic (exact) mass is 364 g/mol. The highest BCUT2D eigenvalue weighted by atomic mass is 16.2. The van der Waals surface area contributed by atoms with Crippen molar-refractivity contribution in [2.75, 3.05) is 0 Å². The minimum absolute atomic E-state index is 0.0168. The Bertz CT molecular complexity index is 857. The highest BCUT2D eigenvalue weighted by molar-refractivity contribution is 6.07. The molecule has 5 unspecified atom stereocenters. The molecule has 5 atom stereocenters. The zero-order valence-corrected chi connectivity index (χ0v) is 16.1. The molecule has 2 fully saturated rings. The van der Waals surface area contributed by atoms with Crippen LogP contribution in [-0.4, -0.2) is 23.9 Å². The van der Waals surface area contributed by atoms with Gasteiger partial charge in [-0.2, -0.15) is 0 Å². The summed E-state index contributed by atoms with van der Waals surface area (Å²) in [5.74, 6) is 1.25. The van der Waals surface area contributed by atoms with Crippen molar-refractivity contribution in [3.05, 3.63) is 48.0 Å². The smallest absolute Gasteiger partial charge is 0.252 e. The normalized spacial score (nSPS) is 30.4. The fraction of sp³-hybridized carbons (Fsp3) is 0.478. The Morgan fingerprint density at radius 2 is 1.93 bits per heavy atom. The first kappa shape index (κ1) is 18.0. The van der Waals surface area contributed by atoms with E-state index in [1.807, 2.05) is 42.5 Å². The van der Waals surface area contributed by atoms with E-state index in [2.05, 4.69) is 24.5 Å². The van der Waals surface area contributed by atoms with E-state index in [0.29, 0.717) is 11.8 Å². The van der Waals surface area contributed by atoms with Crippen LogP contribution in [0.25, 0.3) is 10.8 Å². The number of amides is 2. The van der Waals surface area contributed by atoms with Crippen molar-refractivity contribution in [1.29, 1.82) is 0 Å². The summed E-state index contributed by atoms with van der Waals surface area (Å²) in [5, 5.41) is 8.52. The van der Waals surface area contributed by atoms with Crippen molar-refractivity contribution < 1.29 is 9.59 Å². The molecular weight excluding hydrogens is 336 g/mol. The maximum Gasteiger partial charge on any atom is 0.252 e. The van der Waals surface area contributed by atoms with Crippen LogP contribution in [0.4, 0.5) is 0 Å². The average Bonchev–Trinajstić information content (AvgIpc) is 2.67. The van der Waals surface area contributed by atoms with Gasteiger partial charge < -0.3 is 10.6 Å². The number of hydrogen-bond acceptors (Lipinski definition) is 2. The fourth-order valence-corrected chi connectivity index (χ4v) is 5.19. The molecule has 0 bridgehead atoms. The van der Waals surface area contributed by atoms with Gasteiger partial charge in [-0.3, -0.25) is 9.59 Å². The summed E-state index contributed by atoms with van der Waals surface area (Å²) in [7, 11) is 0. The van der Waals surface area contributed by atoms with Gasteiger partial charge in [-0.15, -0.1) is 0 Å². The van der Waals surface area contributed by atoms with Crippen molar-refractivity contribution in [3.63, 3.8) is 0 Å². The van der Waals surface area contributed by atoms with Crippen LogP contribution >= 0.6 is 0 Å². The molecule has 4 nitrogen and oxygen atoms in total. The zero-order chi connectivity index (χ0) is 19.0. The maximum atomic E-state index is 12.9. The zero-order valence-electron chi connectivity index (χ0n) is 16.1. The van der Waals surface area contributed by atoms with E-state index in [0.717, 1.165) is 42.0 Å². The van der Waals surface area contributed by atoms with Crippen LogP contribution in [0.1, 0.15) is 49.9 Å². The van der Waals surface area contributed by atoms with Crippen LogP contribution in [-0.2, 0) is 4.79 Å². The molecule has 27 heavy (non-hydrogen) atoms. The molecule has 142 valence electrons. The Balaban J connectivity index is 1.47. The lowest BCUT2D eigenvalue weighted by Crippen LogP contribution is -2.58. The third-order valence-corrected chi connectivity index (χ3v) is 6.69. The molecule has 1 heterocycles. The van der Waals surface area contributed by atoms with Gasteiger partial charge in [0.05, 0.1) is 0 Å². The molecular formula is C23H28N2O2. The van der Waals surface area contributed by atoms with Crippen LogP contribution < -0.4 is 10.6 Å². The second-order valence-electron chi connectivity index (χ2n) is 8.16. The molecule has 4 heteroatoms. The number of piperidine rings is 1. The molecule has 4 rings (SSSR count). The van der Waals surface area contributed by atoms with Gasteiger partial charge in [-0.1, -0.05) is 50.2 Å². The number of hydrogen-bond donors (Lipinski definition) is 2. The summed E-state index contributed by atoms with van der Waals surface area (Å²) in [5.41, 5.74) is 0.724. The second-order valence-corrected chi connectivity index (χ2v) is 8.16. The fourth-order valence-electron chi connectivity index (χ4n) is 5.19. The van der Waals surface area contributed by atoms with E-state index >= 15 is 0 Å². The molecule has 1 saturated carbocycles. The predicted octanol–water partition coefficient (Wildman–Crippen LogP) is 3.90. The Morgan fingerprint density at radius 1 is 1.15 bits per heavy atom. The van der Waals surface area contributed by atoms with Gasteiger partial charge in [0, 0.05) is 23.6 Å². The first-order valence-electron chi connectivity index (χ1n) is 10.2. The summed E-state index contributed by atoms with van der Waals surface area (Å²) in [6.45, 7) is 4.32. The van der Waals surface area contributed by atoms with Crippen molar-refractivity contribution in [1.82, 2.24) is 10.6 Å². The molecule has 0 spiro atoms. The minimum Gasteiger partial charge on any atom is -0.353 e. The molecule has 2 aromatic rings. The number of nitrogens with one attached hydrogen (secondary N) is 2. The molecule has 0 radical (unpaired) electrons. The topological polar surface area (TPSA) is 58.2 Å². The van der Waals surface area contributed by atoms with Gasteiger partial charge in [0.1, 0.15) is 0 Å². The minimum atomic E-state index is -0.0168. The van der Waals surface area contributed by atoms with Crippen LogP contribution in [0, 0.1) is 17.8 Å². The molecule has 2 aromatic carbocycles. The third-order valence-electron chi connectivity index (χ3n) is 6.69. The van der Waals surface area contributed by atoms with Gasteiger partial charge in [0.15, 0.2) is 0 Å². The number of carbonyl (C=O) groups excluding carboxylic acids is 2. The van der Waals surface area contributed by atoms with Crippen molar-refractivity contribution in [2.45, 2.75) is 51.6 Å². The van der Waals surface area contributed by atoms with Gasteiger partial charge in [-0.25, -0.2) is 0 Å². The summed E-state index contributed by atoms with van der Waals surface area (Å²) in [6, 6.07) is 14.1. The highest BCUT2D eigenvalue weighted by Gasteiger charge is 2.43. The second kappa shape index (κ2) is 7.34. The Kier molecular flexibility index (Phi) is 4.90. The third kappa shape index (κ3) is 3.33. The van der Waals surface area contributed by atoms with E-state index in [4.69, 9.17) is 0 Å². The maximum absolute atomic E-state index is 12.9. The Labute approximate surface area is 160 Å². The molecule has 1 saturated heterocycles. The van der Waals surface area contributed by atoms with Crippen LogP contribution in [0.5, 0.6) is 0 Å². The Hall–Kier alpha value is -2.36. The summed E-state index contributed by atoms with van der Waals surface area (Å²) < 4.78 is 0. The predicted molar refractivity (Wildman–Crippen MR) is 107 cm³/mol. The lowest BCUT2D eigenvalue weighted by atomic mass is 9.67. The van der Waals surface area contributed by atoms with E-state index in [1.54, 1.807) is 0 Å². The van der Waals surface area contributed by atoms with Crippen LogP contribution in [0.3, 0.4) is 0 Å². The average molecular weight is 364 g/mol. The molecule has 2 aliphatic rings. The van der Waals surface area contributed by atoms with Gasteiger partial charge in [0.25, 0.3) is 5.91 Å². The standard InChI is InChI=1S/C23H28N2O2/c1-3-17-14(2)18-12-11-16(13-21(18)25-22(17)26)24-23(27)20-10-6-8-15-7-4-5-9-19(15)20/h4-10,14,16-18,21H,3,11-13H2,1-2H3,(H,24,27)(H,25,26). The molecule has 2 N–H and O–H groups in total. The number of rotatable bonds is 3. The highest BCUT2D eigenvalue weighted by Crippen LogP contribution is 2.39.